The van der Waals surface area contributed by atoms with Crippen molar-refractivity contribution in [3.63, 3.8) is 0 Å². The summed E-state index contributed by atoms with van der Waals surface area (Å²) >= 11 is 1.65. The normalized spacial score (nSPS) is 14.4. The van der Waals surface area contributed by atoms with Gasteiger partial charge in [-0.15, -0.1) is 0 Å². The third-order valence-electron chi connectivity index (χ3n) is 2.75. The van der Waals surface area contributed by atoms with Crippen LogP contribution in [0.5, 0.6) is 5.75 Å². The lowest BCUT2D eigenvalue weighted by Gasteiger charge is -2.23. The number of aliphatic carboxylic acids is 1. The maximum atomic E-state index is 10.8. The molecule has 2 rings (SSSR count). The van der Waals surface area contributed by atoms with E-state index in [1.165, 1.54) is 0 Å². The summed E-state index contributed by atoms with van der Waals surface area (Å²) < 4.78 is 5.39. The van der Waals surface area contributed by atoms with Crippen LogP contribution in [0, 0.1) is 0 Å². The molecule has 0 bridgehead atoms. The molecule has 0 saturated carbocycles. The lowest BCUT2D eigenvalue weighted by Crippen LogP contribution is -2.21. The number of carboxylic acid groups (broad SMARTS) is 1. The molecule has 0 unspecified atom stereocenters. The number of hydrogen-bond donors (Lipinski definition) is 1. The average molecular weight is 238 g/mol. The van der Waals surface area contributed by atoms with Crippen LogP contribution in [0.25, 0.3) is 0 Å². The van der Waals surface area contributed by atoms with Gasteiger partial charge in [0.2, 0.25) is 0 Å². The zero-order valence-electron chi connectivity index (χ0n) is 9.32. The summed E-state index contributed by atoms with van der Waals surface area (Å²) in [6, 6.07) is 5.91. The minimum Gasteiger partial charge on any atom is -0.481 e. The van der Waals surface area contributed by atoms with Crippen LogP contribution < -0.4 is 4.74 Å². The van der Waals surface area contributed by atoms with E-state index >= 15 is 0 Å². The Balaban J connectivity index is 2.30. The summed E-state index contributed by atoms with van der Waals surface area (Å²) in [5, 5.41) is 8.87. The summed E-state index contributed by atoms with van der Waals surface area (Å²) in [6.45, 7) is 3.90. The molecule has 3 nitrogen and oxygen atoms in total. The highest BCUT2D eigenvalue weighted by atomic mass is 32.2. The first kappa shape index (κ1) is 11.3. The molecule has 1 aromatic carbocycles. The van der Waals surface area contributed by atoms with E-state index in [0.717, 1.165) is 16.2 Å². The van der Waals surface area contributed by atoms with Crippen LogP contribution in [0.15, 0.2) is 23.1 Å². The smallest absolute Gasteiger partial charge is 0.304 e. The Kier molecular flexibility index (Phi) is 2.84. The maximum Gasteiger partial charge on any atom is 0.304 e. The van der Waals surface area contributed by atoms with Gasteiger partial charge in [0, 0.05) is 5.41 Å². The van der Waals surface area contributed by atoms with E-state index in [4.69, 9.17) is 9.84 Å². The van der Waals surface area contributed by atoms with Crippen LogP contribution in [-0.2, 0) is 10.2 Å². The van der Waals surface area contributed by atoms with E-state index in [1.807, 2.05) is 32.0 Å². The van der Waals surface area contributed by atoms with Gasteiger partial charge in [-0.2, -0.15) is 0 Å². The Morgan fingerprint density at radius 2 is 2.31 bits per heavy atom. The van der Waals surface area contributed by atoms with Gasteiger partial charge in [-0.25, -0.2) is 0 Å². The van der Waals surface area contributed by atoms with Crippen molar-refractivity contribution < 1.29 is 14.6 Å². The fraction of sp³-hybridized carbons (Fsp3) is 0.417. The van der Waals surface area contributed by atoms with Crippen LogP contribution in [0.2, 0.25) is 0 Å². The first-order chi connectivity index (χ1) is 7.49. The van der Waals surface area contributed by atoms with Gasteiger partial charge in [-0.1, -0.05) is 31.7 Å². The second-order valence-corrected chi connectivity index (χ2v) is 5.49. The van der Waals surface area contributed by atoms with Crippen molar-refractivity contribution in [3.8, 4) is 5.75 Å². The van der Waals surface area contributed by atoms with Gasteiger partial charge in [-0.05, 0) is 17.7 Å². The molecule has 86 valence electrons. The van der Waals surface area contributed by atoms with Crippen LogP contribution in [-0.4, -0.2) is 17.0 Å². The van der Waals surface area contributed by atoms with E-state index in [-0.39, 0.29) is 11.8 Å². The maximum absolute atomic E-state index is 10.8. The topological polar surface area (TPSA) is 46.5 Å². The standard InChI is InChI=1S/C12H14O3S/c1-12(2,6-11(13)14)8-3-4-9-10(5-8)16-7-15-9/h3-5H,6-7H2,1-2H3,(H,13,14). The number of carbonyl (C=O) groups is 1. The predicted octanol–water partition coefficient (Wildman–Crippen LogP) is 2.88. The number of rotatable bonds is 3. The highest BCUT2D eigenvalue weighted by molar-refractivity contribution is 7.99. The van der Waals surface area contributed by atoms with Crippen molar-refractivity contribution in [1.29, 1.82) is 0 Å². The van der Waals surface area contributed by atoms with Crippen molar-refractivity contribution in [2.24, 2.45) is 0 Å². The highest BCUT2D eigenvalue weighted by Gasteiger charge is 2.26. The summed E-state index contributed by atoms with van der Waals surface area (Å²) in [6.07, 6.45) is 0.136. The lowest BCUT2D eigenvalue weighted by atomic mass is 9.81. The molecular formula is C12H14O3S. The van der Waals surface area contributed by atoms with Gasteiger partial charge in [0.15, 0.2) is 0 Å². The largest absolute Gasteiger partial charge is 0.481 e. The summed E-state index contributed by atoms with van der Waals surface area (Å²) in [5.74, 6) is 0.785. The van der Waals surface area contributed by atoms with Gasteiger partial charge in [-0.3, -0.25) is 4.79 Å². The number of hydrogen-bond acceptors (Lipinski definition) is 3. The van der Waals surface area contributed by atoms with Crippen molar-refractivity contribution in [1.82, 2.24) is 0 Å². The summed E-state index contributed by atoms with van der Waals surface area (Å²) in [4.78, 5) is 11.9. The number of thioether (sulfide) groups is 1. The molecule has 1 heterocycles. The third kappa shape index (κ3) is 2.16. The van der Waals surface area contributed by atoms with Crippen LogP contribution in [0.3, 0.4) is 0 Å². The van der Waals surface area contributed by atoms with E-state index in [9.17, 15) is 4.79 Å². The minimum absolute atomic E-state index is 0.136. The van der Waals surface area contributed by atoms with E-state index < -0.39 is 5.97 Å². The SMILES string of the molecule is CC(C)(CC(=O)O)c1ccc2c(c1)SCO2. The van der Waals surface area contributed by atoms with Crippen molar-refractivity contribution in [2.75, 3.05) is 5.94 Å². The molecule has 4 heteroatoms. The highest BCUT2D eigenvalue weighted by Crippen LogP contribution is 2.39. The number of carboxylic acids is 1. The average Bonchev–Trinajstić information content (AvgIpc) is 2.61. The zero-order chi connectivity index (χ0) is 11.8. The van der Waals surface area contributed by atoms with Gasteiger partial charge in [0.05, 0.1) is 11.3 Å². The Morgan fingerprint density at radius 1 is 1.56 bits per heavy atom. The van der Waals surface area contributed by atoms with Gasteiger partial charge < -0.3 is 9.84 Å². The summed E-state index contributed by atoms with van der Waals surface area (Å²) in [5.41, 5.74) is 0.705. The monoisotopic (exact) mass is 238 g/mol. The Hall–Kier alpha value is -1.16. The quantitative estimate of drug-likeness (QED) is 0.879. The number of ether oxygens (including phenoxy) is 1. The van der Waals surface area contributed by atoms with E-state index in [0.29, 0.717) is 5.94 Å². The molecule has 16 heavy (non-hydrogen) atoms. The molecule has 1 aliphatic rings. The van der Waals surface area contributed by atoms with Crippen molar-refractivity contribution >= 4 is 17.7 Å². The molecule has 1 N–H and O–H groups in total. The van der Waals surface area contributed by atoms with Crippen molar-refractivity contribution in [3.05, 3.63) is 23.8 Å². The Bertz CT molecular complexity index is 426. The molecule has 0 amide bonds. The minimum atomic E-state index is -0.769. The first-order valence-electron chi connectivity index (χ1n) is 5.11. The molecule has 0 radical (unpaired) electrons. The molecule has 0 atom stereocenters. The van der Waals surface area contributed by atoms with Gasteiger partial charge in [0.1, 0.15) is 11.7 Å². The van der Waals surface area contributed by atoms with Gasteiger partial charge in [0.25, 0.3) is 0 Å². The lowest BCUT2D eigenvalue weighted by molar-refractivity contribution is -0.138. The molecule has 0 aromatic heterocycles. The molecule has 1 aromatic rings. The molecule has 0 fully saturated rings. The van der Waals surface area contributed by atoms with E-state index in [1.54, 1.807) is 11.8 Å². The third-order valence-corrected chi connectivity index (χ3v) is 3.61. The van der Waals surface area contributed by atoms with Crippen LogP contribution in [0.1, 0.15) is 25.8 Å². The van der Waals surface area contributed by atoms with Crippen molar-refractivity contribution in [2.45, 2.75) is 30.6 Å². The fourth-order valence-electron chi connectivity index (χ4n) is 1.80. The fourth-order valence-corrected chi connectivity index (χ4v) is 2.59. The molecule has 0 spiro atoms. The van der Waals surface area contributed by atoms with E-state index in [2.05, 4.69) is 0 Å². The second-order valence-electron chi connectivity index (χ2n) is 4.52. The Labute approximate surface area is 98.8 Å². The second kappa shape index (κ2) is 4.01. The number of benzene rings is 1. The first-order valence-corrected chi connectivity index (χ1v) is 6.09. The van der Waals surface area contributed by atoms with Crippen LogP contribution >= 0.6 is 11.8 Å². The Morgan fingerprint density at radius 3 is 3.00 bits per heavy atom. The molecule has 1 aliphatic heterocycles. The molecule has 0 saturated heterocycles. The molecule has 0 aliphatic carbocycles. The molecular weight excluding hydrogens is 224 g/mol. The zero-order valence-corrected chi connectivity index (χ0v) is 10.1. The summed E-state index contributed by atoms with van der Waals surface area (Å²) in [7, 11) is 0. The predicted molar refractivity (Wildman–Crippen MR) is 63.1 cm³/mol. The van der Waals surface area contributed by atoms with Gasteiger partial charge >= 0.3 is 5.97 Å². The number of fused-ring (bicyclic) bond motifs is 1. The van der Waals surface area contributed by atoms with Crippen LogP contribution in [0.4, 0.5) is 0 Å².